The summed E-state index contributed by atoms with van der Waals surface area (Å²) in [6.45, 7) is 2.94. The van der Waals surface area contributed by atoms with Crippen molar-refractivity contribution in [3.8, 4) is 0 Å². The van der Waals surface area contributed by atoms with E-state index in [9.17, 15) is 0 Å². The van der Waals surface area contributed by atoms with Gasteiger partial charge in [-0.1, -0.05) is 18.2 Å². The fourth-order valence-corrected chi connectivity index (χ4v) is 1.64. The number of nitrogens with one attached hydrogen (secondary N) is 1. The van der Waals surface area contributed by atoms with Crippen LogP contribution in [0.1, 0.15) is 24.1 Å². The average Bonchev–Trinajstić information content (AvgIpc) is 2.70. The number of nitrogens with zero attached hydrogens (tertiary/aromatic N) is 1. The average molecular weight is 188 g/mol. The highest BCUT2D eigenvalue weighted by Gasteiger charge is 2.08. The molecule has 0 spiro atoms. The third-order valence-electron chi connectivity index (χ3n) is 2.55. The molecule has 0 saturated heterocycles. The van der Waals surface area contributed by atoms with E-state index >= 15 is 0 Å². The maximum Gasteiger partial charge on any atom is 0.0541 e. The van der Waals surface area contributed by atoms with Gasteiger partial charge in [0, 0.05) is 18.8 Å². The number of rotatable bonds is 3. The molecule has 0 fully saturated rings. The lowest BCUT2D eigenvalue weighted by Gasteiger charge is -2.11. The molecule has 1 aliphatic rings. The third-order valence-corrected chi connectivity index (χ3v) is 2.55. The van der Waals surface area contributed by atoms with Crippen LogP contribution in [0, 0.1) is 6.92 Å². The molecule has 1 aromatic heterocycles. The van der Waals surface area contributed by atoms with Crippen molar-refractivity contribution >= 4 is 0 Å². The van der Waals surface area contributed by atoms with Crippen LogP contribution in [0.15, 0.2) is 30.5 Å². The molecule has 0 atom stereocenters. The lowest BCUT2D eigenvalue weighted by molar-refractivity contribution is 0.533. The Morgan fingerprint density at radius 1 is 1.36 bits per heavy atom. The summed E-state index contributed by atoms with van der Waals surface area (Å²) in [5.74, 6) is 0. The van der Waals surface area contributed by atoms with Gasteiger partial charge < -0.3 is 5.32 Å². The van der Waals surface area contributed by atoms with Crippen molar-refractivity contribution < 1.29 is 0 Å². The van der Waals surface area contributed by atoms with Gasteiger partial charge in [0.2, 0.25) is 0 Å². The van der Waals surface area contributed by atoms with Gasteiger partial charge in [-0.3, -0.25) is 4.98 Å². The highest BCUT2D eigenvalue weighted by atomic mass is 14.9. The Morgan fingerprint density at radius 2 is 2.14 bits per heavy atom. The van der Waals surface area contributed by atoms with Crippen molar-refractivity contribution in [2.24, 2.45) is 0 Å². The molecule has 0 radical (unpaired) electrons. The van der Waals surface area contributed by atoms with E-state index in [1.165, 1.54) is 5.56 Å². The molecule has 0 aliphatic heterocycles. The monoisotopic (exact) mass is 188 g/mol. The van der Waals surface area contributed by atoms with E-state index in [1.807, 2.05) is 6.20 Å². The van der Waals surface area contributed by atoms with E-state index in [4.69, 9.17) is 0 Å². The van der Waals surface area contributed by atoms with Gasteiger partial charge in [0.1, 0.15) is 0 Å². The molecule has 1 aliphatic carbocycles. The molecule has 0 amide bonds. The minimum atomic E-state index is 0.623. The Kier molecular flexibility index (Phi) is 2.94. The van der Waals surface area contributed by atoms with Crippen LogP contribution >= 0.6 is 0 Å². The largest absolute Gasteiger partial charge is 0.308 e. The van der Waals surface area contributed by atoms with Gasteiger partial charge in [0.25, 0.3) is 0 Å². The molecule has 1 N–H and O–H groups in total. The van der Waals surface area contributed by atoms with Gasteiger partial charge in [-0.2, -0.15) is 0 Å². The van der Waals surface area contributed by atoms with Crippen LogP contribution in [0.25, 0.3) is 0 Å². The van der Waals surface area contributed by atoms with Crippen LogP contribution < -0.4 is 5.32 Å². The SMILES string of the molecule is Cc1ccc(CNC2CC=CC2)nc1. The Morgan fingerprint density at radius 3 is 2.79 bits per heavy atom. The molecule has 0 aromatic carbocycles. The second-order valence-electron chi connectivity index (χ2n) is 3.85. The fourth-order valence-electron chi connectivity index (χ4n) is 1.64. The van der Waals surface area contributed by atoms with Crippen molar-refractivity contribution in [3.63, 3.8) is 0 Å². The van der Waals surface area contributed by atoms with Gasteiger partial charge in [-0.15, -0.1) is 0 Å². The Hall–Kier alpha value is -1.15. The van der Waals surface area contributed by atoms with Gasteiger partial charge in [0.05, 0.1) is 5.69 Å². The molecule has 2 heteroatoms. The van der Waals surface area contributed by atoms with Crippen molar-refractivity contribution in [2.45, 2.75) is 32.4 Å². The van der Waals surface area contributed by atoms with Crippen LogP contribution in [0.5, 0.6) is 0 Å². The Bertz CT molecular complexity index is 306. The first-order valence-corrected chi connectivity index (χ1v) is 5.14. The molecular formula is C12H16N2. The standard InChI is InChI=1S/C12H16N2/c1-10-6-7-12(13-8-10)9-14-11-4-2-3-5-11/h2-3,6-8,11,14H,4-5,9H2,1H3. The van der Waals surface area contributed by atoms with E-state index in [-0.39, 0.29) is 0 Å². The van der Waals surface area contributed by atoms with E-state index < -0.39 is 0 Å². The van der Waals surface area contributed by atoms with E-state index in [2.05, 4.69) is 41.5 Å². The molecule has 0 saturated carbocycles. The summed E-state index contributed by atoms with van der Waals surface area (Å²) < 4.78 is 0. The molecule has 2 nitrogen and oxygen atoms in total. The molecule has 0 bridgehead atoms. The highest BCUT2D eigenvalue weighted by molar-refractivity contribution is 5.12. The van der Waals surface area contributed by atoms with E-state index in [0.29, 0.717) is 6.04 Å². The number of hydrogen-bond donors (Lipinski definition) is 1. The predicted octanol–water partition coefficient (Wildman–Crippen LogP) is 2.20. The summed E-state index contributed by atoms with van der Waals surface area (Å²) in [7, 11) is 0. The molecule has 1 heterocycles. The van der Waals surface area contributed by atoms with Crippen molar-refractivity contribution in [2.75, 3.05) is 0 Å². The first-order chi connectivity index (χ1) is 6.84. The smallest absolute Gasteiger partial charge is 0.0541 e. The van der Waals surface area contributed by atoms with E-state index in [1.54, 1.807) is 0 Å². The number of aromatic nitrogens is 1. The summed E-state index contributed by atoms with van der Waals surface area (Å²) in [5.41, 5.74) is 2.35. The second kappa shape index (κ2) is 4.38. The quantitative estimate of drug-likeness (QED) is 0.735. The first-order valence-electron chi connectivity index (χ1n) is 5.14. The first kappa shape index (κ1) is 9.41. The minimum Gasteiger partial charge on any atom is -0.308 e. The fraction of sp³-hybridized carbons (Fsp3) is 0.417. The lowest BCUT2D eigenvalue weighted by atomic mass is 10.2. The highest BCUT2D eigenvalue weighted by Crippen LogP contribution is 2.09. The number of pyridine rings is 1. The van der Waals surface area contributed by atoms with Crippen LogP contribution in [-0.2, 0) is 6.54 Å². The maximum atomic E-state index is 4.36. The Labute approximate surface area is 85.1 Å². The van der Waals surface area contributed by atoms with Crippen molar-refractivity contribution in [1.82, 2.24) is 10.3 Å². The predicted molar refractivity (Wildman–Crippen MR) is 58.0 cm³/mol. The molecule has 74 valence electrons. The summed E-state index contributed by atoms with van der Waals surface area (Å²) in [5, 5.41) is 3.49. The number of hydrogen-bond acceptors (Lipinski definition) is 2. The summed E-state index contributed by atoms with van der Waals surface area (Å²) in [6.07, 6.45) is 8.71. The van der Waals surface area contributed by atoms with E-state index in [0.717, 1.165) is 25.1 Å². The molecule has 14 heavy (non-hydrogen) atoms. The zero-order chi connectivity index (χ0) is 9.80. The lowest BCUT2D eigenvalue weighted by Crippen LogP contribution is -2.25. The molecule has 2 rings (SSSR count). The van der Waals surface area contributed by atoms with Gasteiger partial charge >= 0.3 is 0 Å². The van der Waals surface area contributed by atoms with Crippen LogP contribution in [0.3, 0.4) is 0 Å². The summed E-state index contributed by atoms with van der Waals surface area (Å²) in [4.78, 5) is 4.36. The Balaban J connectivity index is 1.82. The summed E-state index contributed by atoms with van der Waals surface area (Å²) >= 11 is 0. The second-order valence-corrected chi connectivity index (χ2v) is 3.85. The summed E-state index contributed by atoms with van der Waals surface area (Å²) in [6, 6.07) is 4.82. The minimum absolute atomic E-state index is 0.623. The zero-order valence-electron chi connectivity index (χ0n) is 8.53. The zero-order valence-corrected chi connectivity index (χ0v) is 8.53. The van der Waals surface area contributed by atoms with Gasteiger partial charge in [-0.05, 0) is 31.4 Å². The van der Waals surface area contributed by atoms with Crippen LogP contribution in [-0.4, -0.2) is 11.0 Å². The van der Waals surface area contributed by atoms with Crippen LogP contribution in [0.2, 0.25) is 0 Å². The van der Waals surface area contributed by atoms with Crippen molar-refractivity contribution in [3.05, 3.63) is 41.7 Å². The van der Waals surface area contributed by atoms with Gasteiger partial charge in [0.15, 0.2) is 0 Å². The van der Waals surface area contributed by atoms with Gasteiger partial charge in [-0.25, -0.2) is 0 Å². The third kappa shape index (κ3) is 2.42. The normalized spacial score (nSPS) is 16.4. The number of aryl methyl sites for hydroxylation is 1. The van der Waals surface area contributed by atoms with Crippen LogP contribution in [0.4, 0.5) is 0 Å². The van der Waals surface area contributed by atoms with Crippen molar-refractivity contribution in [1.29, 1.82) is 0 Å². The topological polar surface area (TPSA) is 24.9 Å². The molecular weight excluding hydrogens is 172 g/mol. The maximum absolute atomic E-state index is 4.36. The molecule has 1 aromatic rings. The molecule has 0 unspecified atom stereocenters.